The van der Waals surface area contributed by atoms with Crippen molar-refractivity contribution in [1.82, 2.24) is 24.7 Å². The number of rotatable bonds is 7. The SMILES string of the molecule is C=CC(=O)Nc1ccc(F)c(Nc2nc(Nc3cnn(C)c3)ncc2-c2cnc(Cl)c(Cl)c2)c1. The number of aryl methyl sites for hydroxylation is 1. The van der Waals surface area contributed by atoms with Crippen molar-refractivity contribution in [1.29, 1.82) is 0 Å². The van der Waals surface area contributed by atoms with Gasteiger partial charge in [0, 0.05) is 42.5 Å². The topological polar surface area (TPSA) is 110 Å². The Bertz CT molecular complexity index is 1390. The first-order valence-corrected chi connectivity index (χ1v) is 10.5. The maximum absolute atomic E-state index is 14.7. The molecule has 1 aromatic carbocycles. The summed E-state index contributed by atoms with van der Waals surface area (Å²) in [6, 6.07) is 5.69. The number of nitrogens with one attached hydrogen (secondary N) is 3. The predicted octanol–water partition coefficient (Wildman–Crippen LogP) is 5.33. The summed E-state index contributed by atoms with van der Waals surface area (Å²) in [6.45, 7) is 3.41. The quantitative estimate of drug-likeness (QED) is 0.233. The summed E-state index contributed by atoms with van der Waals surface area (Å²) in [4.78, 5) is 24.6. The normalized spacial score (nSPS) is 10.6. The van der Waals surface area contributed by atoms with Gasteiger partial charge >= 0.3 is 0 Å². The van der Waals surface area contributed by atoms with E-state index in [0.717, 1.165) is 6.08 Å². The van der Waals surface area contributed by atoms with E-state index in [4.69, 9.17) is 23.2 Å². The number of aromatic nitrogens is 5. The molecule has 0 bridgehead atoms. The highest BCUT2D eigenvalue weighted by atomic mass is 35.5. The summed E-state index contributed by atoms with van der Waals surface area (Å²) in [5.41, 5.74) is 2.15. The monoisotopic (exact) mass is 498 g/mol. The maximum Gasteiger partial charge on any atom is 0.247 e. The highest BCUT2D eigenvalue weighted by molar-refractivity contribution is 6.41. The largest absolute Gasteiger partial charge is 0.337 e. The van der Waals surface area contributed by atoms with E-state index in [-0.39, 0.29) is 27.6 Å². The number of hydrogen-bond donors (Lipinski definition) is 3. The molecule has 3 heterocycles. The Labute approximate surface area is 203 Å². The standard InChI is InChI=1S/C22H17Cl2FN8O/c1-3-19(34)29-13-4-5-17(25)18(7-13)31-21-15(12-6-16(23)20(24)26-8-12)10-27-22(32-21)30-14-9-28-33(2)11-14/h3-11H,1H2,2H3,(H,29,34)(H2,27,30,31,32). The number of anilines is 5. The average Bonchev–Trinajstić information content (AvgIpc) is 3.22. The van der Waals surface area contributed by atoms with Gasteiger partial charge in [0.25, 0.3) is 0 Å². The van der Waals surface area contributed by atoms with Crippen molar-refractivity contribution >= 4 is 57.9 Å². The molecule has 0 fully saturated rings. The van der Waals surface area contributed by atoms with E-state index in [2.05, 4.69) is 42.6 Å². The molecule has 0 saturated heterocycles. The molecule has 0 aliphatic rings. The minimum atomic E-state index is -0.560. The molecule has 0 atom stereocenters. The number of pyridine rings is 1. The summed E-state index contributed by atoms with van der Waals surface area (Å²) >= 11 is 12.1. The van der Waals surface area contributed by atoms with E-state index in [9.17, 15) is 9.18 Å². The van der Waals surface area contributed by atoms with Gasteiger partial charge in [-0.15, -0.1) is 0 Å². The van der Waals surface area contributed by atoms with Crippen molar-refractivity contribution in [2.75, 3.05) is 16.0 Å². The summed E-state index contributed by atoms with van der Waals surface area (Å²) in [5, 5.41) is 13.1. The van der Waals surface area contributed by atoms with Gasteiger partial charge in [-0.3, -0.25) is 9.48 Å². The highest BCUT2D eigenvalue weighted by Crippen LogP contribution is 2.33. The van der Waals surface area contributed by atoms with Crippen molar-refractivity contribution in [3.05, 3.63) is 77.7 Å². The van der Waals surface area contributed by atoms with Crippen molar-refractivity contribution in [2.45, 2.75) is 0 Å². The Morgan fingerprint density at radius 2 is 1.94 bits per heavy atom. The number of benzene rings is 1. The molecular weight excluding hydrogens is 482 g/mol. The number of nitrogens with zero attached hydrogens (tertiary/aromatic N) is 5. The first-order valence-electron chi connectivity index (χ1n) is 9.76. The van der Waals surface area contributed by atoms with Crippen LogP contribution in [0.3, 0.4) is 0 Å². The first-order chi connectivity index (χ1) is 16.3. The third-order valence-electron chi connectivity index (χ3n) is 4.53. The fourth-order valence-corrected chi connectivity index (χ4v) is 3.22. The second-order valence-electron chi connectivity index (χ2n) is 6.99. The molecule has 172 valence electrons. The molecule has 34 heavy (non-hydrogen) atoms. The van der Waals surface area contributed by atoms with Crippen LogP contribution in [0.25, 0.3) is 11.1 Å². The molecule has 4 rings (SSSR count). The van der Waals surface area contributed by atoms with Crippen molar-refractivity contribution < 1.29 is 9.18 Å². The van der Waals surface area contributed by atoms with E-state index in [1.165, 1.54) is 30.6 Å². The summed E-state index contributed by atoms with van der Waals surface area (Å²) < 4.78 is 16.3. The Kier molecular flexibility index (Phi) is 6.71. The van der Waals surface area contributed by atoms with E-state index in [1.54, 1.807) is 30.2 Å². The summed E-state index contributed by atoms with van der Waals surface area (Å²) in [7, 11) is 1.78. The molecule has 3 aromatic heterocycles. The third-order valence-corrected chi connectivity index (χ3v) is 5.22. The van der Waals surface area contributed by atoms with Crippen LogP contribution in [0, 0.1) is 5.82 Å². The summed E-state index contributed by atoms with van der Waals surface area (Å²) in [6.07, 6.45) is 7.52. The smallest absolute Gasteiger partial charge is 0.247 e. The predicted molar refractivity (Wildman–Crippen MR) is 130 cm³/mol. The van der Waals surface area contributed by atoms with Gasteiger partial charge in [-0.1, -0.05) is 29.8 Å². The van der Waals surface area contributed by atoms with E-state index in [1.807, 2.05) is 0 Å². The highest BCUT2D eigenvalue weighted by Gasteiger charge is 2.15. The number of carbonyl (C=O) groups excluding carboxylic acids is 1. The fraction of sp³-hybridized carbons (Fsp3) is 0.0455. The van der Waals surface area contributed by atoms with Gasteiger partial charge in [0.2, 0.25) is 11.9 Å². The number of carbonyl (C=O) groups is 1. The number of amides is 1. The van der Waals surface area contributed by atoms with Crippen molar-refractivity contribution in [3.8, 4) is 11.1 Å². The molecule has 9 nitrogen and oxygen atoms in total. The lowest BCUT2D eigenvalue weighted by Crippen LogP contribution is -2.08. The lowest BCUT2D eigenvalue weighted by molar-refractivity contribution is -0.111. The second kappa shape index (κ2) is 9.86. The molecule has 0 radical (unpaired) electrons. The zero-order valence-electron chi connectivity index (χ0n) is 17.7. The zero-order valence-corrected chi connectivity index (χ0v) is 19.2. The minimum absolute atomic E-state index is 0.0714. The Morgan fingerprint density at radius 1 is 1.12 bits per heavy atom. The van der Waals surface area contributed by atoms with Gasteiger partial charge in [0.15, 0.2) is 0 Å². The molecule has 0 aliphatic carbocycles. The lowest BCUT2D eigenvalue weighted by atomic mass is 10.1. The Morgan fingerprint density at radius 3 is 2.65 bits per heavy atom. The first kappa shape index (κ1) is 23.1. The van der Waals surface area contributed by atoms with Crippen LogP contribution < -0.4 is 16.0 Å². The van der Waals surface area contributed by atoms with Crippen LogP contribution in [0.15, 0.2) is 61.7 Å². The maximum atomic E-state index is 14.7. The summed E-state index contributed by atoms with van der Waals surface area (Å²) in [5.74, 6) is -0.489. The van der Waals surface area contributed by atoms with Crippen LogP contribution in [0.5, 0.6) is 0 Å². The molecule has 3 N–H and O–H groups in total. The van der Waals surface area contributed by atoms with Crippen LogP contribution in [0.2, 0.25) is 10.2 Å². The third kappa shape index (κ3) is 5.30. The van der Waals surface area contributed by atoms with Gasteiger partial charge in [-0.05, 0) is 30.3 Å². The molecule has 1 amide bonds. The van der Waals surface area contributed by atoms with Crippen LogP contribution in [-0.2, 0) is 11.8 Å². The Balaban J connectivity index is 1.75. The van der Waals surface area contributed by atoms with Crippen molar-refractivity contribution in [3.63, 3.8) is 0 Å². The second-order valence-corrected chi connectivity index (χ2v) is 7.76. The average molecular weight is 499 g/mol. The lowest BCUT2D eigenvalue weighted by Gasteiger charge is -2.14. The van der Waals surface area contributed by atoms with Crippen LogP contribution in [-0.4, -0.2) is 30.6 Å². The van der Waals surface area contributed by atoms with Crippen LogP contribution in [0.1, 0.15) is 0 Å². The van der Waals surface area contributed by atoms with Gasteiger partial charge in [0.1, 0.15) is 16.8 Å². The van der Waals surface area contributed by atoms with Gasteiger partial charge in [-0.2, -0.15) is 10.1 Å². The molecule has 0 saturated carbocycles. The minimum Gasteiger partial charge on any atom is -0.337 e. The van der Waals surface area contributed by atoms with Gasteiger partial charge in [0.05, 0.1) is 22.6 Å². The van der Waals surface area contributed by atoms with E-state index < -0.39 is 11.7 Å². The van der Waals surface area contributed by atoms with Crippen molar-refractivity contribution in [2.24, 2.45) is 7.05 Å². The fourth-order valence-electron chi connectivity index (χ4n) is 2.95. The molecule has 0 spiro atoms. The molecular formula is C22H17Cl2FN8O. The van der Waals surface area contributed by atoms with Gasteiger partial charge < -0.3 is 16.0 Å². The zero-order chi connectivity index (χ0) is 24.2. The molecule has 4 aromatic rings. The van der Waals surface area contributed by atoms with Crippen LogP contribution >= 0.6 is 23.2 Å². The molecule has 12 heteroatoms. The Hall–Kier alpha value is -4.02. The van der Waals surface area contributed by atoms with E-state index in [0.29, 0.717) is 22.5 Å². The molecule has 0 unspecified atom stereocenters. The number of hydrogen-bond acceptors (Lipinski definition) is 7. The number of halogens is 3. The van der Waals surface area contributed by atoms with Gasteiger partial charge in [-0.25, -0.2) is 14.4 Å². The van der Waals surface area contributed by atoms with Crippen LogP contribution in [0.4, 0.5) is 33.2 Å². The van der Waals surface area contributed by atoms with E-state index >= 15 is 0 Å². The molecule has 0 aliphatic heterocycles.